The molecule has 0 aliphatic rings. The summed E-state index contributed by atoms with van der Waals surface area (Å²) in [4.78, 5) is 21.7. The number of halogens is 1. The number of benzene rings is 1. The first-order valence-electron chi connectivity index (χ1n) is 4.75. The summed E-state index contributed by atoms with van der Waals surface area (Å²) < 4.78 is 34.1. The predicted octanol–water partition coefficient (Wildman–Crippen LogP) is 2.03. The van der Waals surface area contributed by atoms with Crippen molar-refractivity contribution in [3.05, 3.63) is 28.3 Å². The quantitative estimate of drug-likeness (QED) is 0.367. The van der Waals surface area contributed by atoms with E-state index in [2.05, 4.69) is 0 Å². The van der Waals surface area contributed by atoms with E-state index in [4.69, 9.17) is 0 Å². The van der Waals surface area contributed by atoms with Gasteiger partial charge < -0.3 is 4.90 Å². The lowest BCUT2D eigenvalue weighted by Gasteiger charge is -2.09. The molecule has 0 spiro atoms. The van der Waals surface area contributed by atoms with Gasteiger partial charge in [-0.1, -0.05) is 0 Å². The largest absolute Gasteiger partial charge is 0.339 e. The molecule has 0 unspecified atom stereocenters. The maximum Gasteiger partial charge on any atom is 0.332 e. The first-order valence-corrected chi connectivity index (χ1v) is 6.95. The van der Waals surface area contributed by atoms with Crippen LogP contribution in [0.3, 0.4) is 0 Å². The Bertz CT molecular complexity index is 629. The molecule has 104 valence electrons. The third-order valence-corrected chi connectivity index (χ3v) is 3.89. The number of carbonyl (C=O) groups excluding carboxylic acids is 1. The summed E-state index contributed by atoms with van der Waals surface area (Å²) in [5.41, 5.74) is -0.640. The molecule has 0 heterocycles. The van der Waals surface area contributed by atoms with Gasteiger partial charge in [0.15, 0.2) is 0 Å². The van der Waals surface area contributed by atoms with Gasteiger partial charge in [-0.15, -0.1) is 3.89 Å². The van der Waals surface area contributed by atoms with Crippen molar-refractivity contribution in [2.24, 2.45) is 0 Å². The number of hydrogen-bond donors (Lipinski definition) is 0. The van der Waals surface area contributed by atoms with Crippen LogP contribution in [0.1, 0.15) is 0 Å². The molecule has 0 aliphatic heterocycles. The van der Waals surface area contributed by atoms with E-state index in [1.807, 2.05) is 0 Å². The lowest BCUT2D eigenvalue weighted by molar-refractivity contribution is -0.387. The summed E-state index contributed by atoms with van der Waals surface area (Å²) in [5.74, 6) is 0. The van der Waals surface area contributed by atoms with Gasteiger partial charge in [0.1, 0.15) is 4.90 Å². The third-order valence-electron chi connectivity index (χ3n) is 1.97. The van der Waals surface area contributed by atoms with Crippen molar-refractivity contribution in [1.82, 2.24) is 4.90 Å². The summed E-state index contributed by atoms with van der Waals surface area (Å²) in [6, 6.07) is 2.48. The number of thioether (sulfide) groups is 1. The van der Waals surface area contributed by atoms with Crippen LogP contribution < -0.4 is 0 Å². The zero-order valence-corrected chi connectivity index (χ0v) is 11.5. The highest BCUT2D eigenvalue weighted by Gasteiger charge is 2.23. The molecule has 7 nitrogen and oxygen atoms in total. The number of nitro benzene ring substituents is 1. The molecule has 1 rings (SSSR count). The molecule has 0 atom stereocenters. The van der Waals surface area contributed by atoms with Crippen LogP contribution >= 0.6 is 11.8 Å². The minimum absolute atomic E-state index is 0.0592. The molecule has 10 heteroatoms. The van der Waals surface area contributed by atoms with Crippen molar-refractivity contribution in [3.63, 3.8) is 0 Å². The Morgan fingerprint density at radius 1 is 1.42 bits per heavy atom. The van der Waals surface area contributed by atoms with E-state index in [9.17, 15) is 27.2 Å². The third kappa shape index (κ3) is 3.89. The van der Waals surface area contributed by atoms with Gasteiger partial charge in [0.05, 0.1) is 9.82 Å². The minimum atomic E-state index is -5.03. The van der Waals surface area contributed by atoms with Crippen molar-refractivity contribution in [3.8, 4) is 0 Å². The SMILES string of the molecule is CN(C)C(=O)Sc1ccc(S(=O)(=O)F)cc1[N+](=O)[O-]. The highest BCUT2D eigenvalue weighted by molar-refractivity contribution is 8.13. The Labute approximate surface area is 112 Å². The molecule has 19 heavy (non-hydrogen) atoms. The first kappa shape index (κ1) is 15.4. The van der Waals surface area contributed by atoms with Crippen LogP contribution in [0, 0.1) is 10.1 Å². The Morgan fingerprint density at radius 2 is 2.00 bits per heavy atom. The van der Waals surface area contributed by atoms with E-state index in [1.54, 1.807) is 0 Å². The number of rotatable bonds is 3. The maximum atomic E-state index is 12.8. The summed E-state index contributed by atoms with van der Waals surface area (Å²) in [6.07, 6.45) is 0. The van der Waals surface area contributed by atoms with Gasteiger partial charge in [0, 0.05) is 20.2 Å². The van der Waals surface area contributed by atoms with Crippen molar-refractivity contribution in [2.75, 3.05) is 14.1 Å². The molecule has 1 aromatic rings. The smallest absolute Gasteiger partial charge is 0.332 e. The van der Waals surface area contributed by atoms with E-state index in [0.29, 0.717) is 17.8 Å². The van der Waals surface area contributed by atoms with Crippen molar-refractivity contribution in [1.29, 1.82) is 0 Å². The van der Waals surface area contributed by atoms with Crippen LogP contribution in [0.25, 0.3) is 0 Å². The molecule has 0 N–H and O–H groups in total. The molecule has 0 saturated carbocycles. The van der Waals surface area contributed by atoms with E-state index in [0.717, 1.165) is 12.1 Å². The fourth-order valence-corrected chi connectivity index (χ4v) is 2.29. The van der Waals surface area contributed by atoms with E-state index in [1.165, 1.54) is 19.0 Å². The second-order valence-electron chi connectivity index (χ2n) is 3.59. The van der Waals surface area contributed by atoms with Crippen molar-refractivity contribution in [2.45, 2.75) is 9.79 Å². The molecule has 0 fully saturated rings. The molecule has 0 radical (unpaired) electrons. The standard InChI is InChI=1S/C9H9FN2O5S2/c1-11(2)9(13)18-8-4-3-6(19(10,16)17)5-7(8)12(14)15/h3-5H,1-2H3. The molecular weight excluding hydrogens is 299 g/mol. The highest BCUT2D eigenvalue weighted by atomic mass is 32.3. The zero-order valence-electron chi connectivity index (χ0n) is 9.86. The van der Waals surface area contributed by atoms with E-state index < -0.39 is 31.0 Å². The fourth-order valence-electron chi connectivity index (χ4n) is 1.06. The number of amides is 1. The molecule has 0 aromatic heterocycles. The maximum absolute atomic E-state index is 12.8. The average molecular weight is 308 g/mol. The van der Waals surface area contributed by atoms with Gasteiger partial charge >= 0.3 is 10.2 Å². The Hall–Kier alpha value is -1.68. The molecular formula is C9H9FN2O5S2. The summed E-state index contributed by atoms with van der Waals surface area (Å²) in [7, 11) is -2.11. The number of nitro groups is 1. The minimum Gasteiger partial charge on any atom is -0.339 e. The van der Waals surface area contributed by atoms with Crippen LogP contribution in [0.4, 0.5) is 14.4 Å². The monoisotopic (exact) mass is 308 g/mol. The Morgan fingerprint density at radius 3 is 2.42 bits per heavy atom. The van der Waals surface area contributed by atoms with Crippen molar-refractivity contribution < 1.29 is 22.0 Å². The van der Waals surface area contributed by atoms with Gasteiger partial charge in [-0.25, -0.2) is 0 Å². The highest BCUT2D eigenvalue weighted by Crippen LogP contribution is 2.32. The van der Waals surface area contributed by atoms with Gasteiger partial charge in [-0.2, -0.15) is 8.42 Å². The predicted molar refractivity (Wildman–Crippen MR) is 66.3 cm³/mol. The summed E-state index contributed by atoms with van der Waals surface area (Å²) >= 11 is 0.554. The fraction of sp³-hybridized carbons (Fsp3) is 0.222. The topological polar surface area (TPSA) is 97.6 Å². The molecule has 1 amide bonds. The second-order valence-corrected chi connectivity index (χ2v) is 5.93. The number of hydrogen-bond acceptors (Lipinski definition) is 6. The van der Waals surface area contributed by atoms with E-state index in [-0.39, 0.29) is 4.90 Å². The Kier molecular flexibility index (Phi) is 4.48. The lowest BCUT2D eigenvalue weighted by atomic mass is 10.3. The first-order chi connectivity index (χ1) is 8.62. The van der Waals surface area contributed by atoms with E-state index >= 15 is 0 Å². The van der Waals surface area contributed by atoms with Gasteiger partial charge in [-0.3, -0.25) is 14.9 Å². The van der Waals surface area contributed by atoms with Gasteiger partial charge in [0.2, 0.25) is 0 Å². The van der Waals surface area contributed by atoms with Crippen molar-refractivity contribution >= 4 is 32.9 Å². The van der Waals surface area contributed by atoms with Gasteiger partial charge in [-0.05, 0) is 23.9 Å². The zero-order chi connectivity index (χ0) is 14.8. The lowest BCUT2D eigenvalue weighted by Crippen LogP contribution is -2.16. The van der Waals surface area contributed by atoms with Gasteiger partial charge in [0.25, 0.3) is 10.9 Å². The van der Waals surface area contributed by atoms with Crippen LogP contribution in [-0.2, 0) is 10.2 Å². The Balaban J connectivity index is 3.27. The normalized spacial score (nSPS) is 11.1. The van der Waals surface area contributed by atoms with Crippen LogP contribution in [0.15, 0.2) is 28.0 Å². The number of nitrogens with zero attached hydrogens (tertiary/aromatic N) is 2. The summed E-state index contributed by atoms with van der Waals surface area (Å²) in [6.45, 7) is 0. The molecule has 0 bridgehead atoms. The summed E-state index contributed by atoms with van der Waals surface area (Å²) in [5, 5.41) is 10.3. The molecule has 0 saturated heterocycles. The molecule has 1 aromatic carbocycles. The number of carbonyl (C=O) groups is 1. The van der Waals surface area contributed by atoms with Crippen LogP contribution in [-0.4, -0.2) is 37.6 Å². The van der Waals surface area contributed by atoms with Crippen LogP contribution in [0.5, 0.6) is 0 Å². The average Bonchev–Trinajstić information content (AvgIpc) is 2.27. The van der Waals surface area contributed by atoms with Crippen LogP contribution in [0.2, 0.25) is 0 Å². The molecule has 0 aliphatic carbocycles. The second kappa shape index (κ2) is 5.53.